The van der Waals surface area contributed by atoms with Gasteiger partial charge in [-0.05, 0) is 49.2 Å². The minimum atomic E-state index is -0.227. The molecule has 2 atom stereocenters. The molecule has 0 aliphatic carbocycles. The van der Waals surface area contributed by atoms with Crippen molar-refractivity contribution in [1.82, 2.24) is 15.2 Å². The molecule has 0 bridgehead atoms. The van der Waals surface area contributed by atoms with Crippen LogP contribution in [0.3, 0.4) is 0 Å². The Kier molecular flexibility index (Phi) is 6.22. The molecule has 1 saturated heterocycles. The zero-order chi connectivity index (χ0) is 23.5. The number of aromatic hydroxyl groups is 1. The summed E-state index contributed by atoms with van der Waals surface area (Å²) in [6.45, 7) is 3.91. The van der Waals surface area contributed by atoms with Crippen molar-refractivity contribution in [3.63, 3.8) is 0 Å². The molecule has 2 aliphatic heterocycles. The van der Waals surface area contributed by atoms with Gasteiger partial charge in [0.15, 0.2) is 11.5 Å². The number of likely N-dealkylation sites (tertiary alicyclic amines) is 1. The summed E-state index contributed by atoms with van der Waals surface area (Å²) >= 11 is 0. The predicted molar refractivity (Wildman–Crippen MR) is 125 cm³/mol. The minimum absolute atomic E-state index is 0.0392. The number of benzene rings is 2. The van der Waals surface area contributed by atoms with Crippen molar-refractivity contribution < 1.29 is 24.1 Å². The Bertz CT molecular complexity index is 1170. The lowest BCUT2D eigenvalue weighted by atomic mass is 9.96. The average Bonchev–Trinajstić information content (AvgIpc) is 3.50. The summed E-state index contributed by atoms with van der Waals surface area (Å²) in [5, 5.41) is 14.0. The number of para-hydroxylation sites is 1. The van der Waals surface area contributed by atoms with Crippen LogP contribution in [0.15, 0.2) is 60.9 Å². The van der Waals surface area contributed by atoms with Crippen molar-refractivity contribution in [3.05, 3.63) is 77.6 Å². The van der Waals surface area contributed by atoms with E-state index in [2.05, 4.69) is 15.2 Å². The van der Waals surface area contributed by atoms with Crippen LogP contribution in [0.25, 0.3) is 0 Å². The first-order valence-corrected chi connectivity index (χ1v) is 11.4. The highest BCUT2D eigenvalue weighted by molar-refractivity contribution is 5.97. The van der Waals surface area contributed by atoms with E-state index >= 15 is 0 Å². The molecule has 0 spiro atoms. The number of fused-ring (bicyclic) bond motifs is 1. The second-order valence-electron chi connectivity index (χ2n) is 8.33. The third-order valence-corrected chi connectivity index (χ3v) is 6.19. The quantitative estimate of drug-likeness (QED) is 0.556. The Morgan fingerprint density at radius 2 is 1.97 bits per heavy atom. The van der Waals surface area contributed by atoms with Crippen LogP contribution in [-0.2, 0) is 0 Å². The topological polar surface area (TPSA) is 93.2 Å². The highest BCUT2D eigenvalue weighted by atomic mass is 16.7. The fraction of sp³-hybridized carbons (Fsp3) is 0.308. The van der Waals surface area contributed by atoms with E-state index in [-0.39, 0.29) is 30.5 Å². The van der Waals surface area contributed by atoms with Gasteiger partial charge in [-0.15, -0.1) is 0 Å². The number of carbonyl (C=O) groups excluding carboxylic acids is 1. The second kappa shape index (κ2) is 9.61. The Hall–Kier alpha value is -3.78. The molecule has 2 aliphatic rings. The molecule has 1 unspecified atom stereocenters. The number of hydrogen-bond donors (Lipinski definition) is 2. The first-order chi connectivity index (χ1) is 16.6. The van der Waals surface area contributed by atoms with Crippen LogP contribution in [0.4, 0.5) is 0 Å². The Labute approximate surface area is 198 Å². The van der Waals surface area contributed by atoms with Gasteiger partial charge in [-0.3, -0.25) is 14.7 Å². The fourth-order valence-electron chi connectivity index (χ4n) is 4.64. The molecular weight excluding hydrogens is 434 g/mol. The van der Waals surface area contributed by atoms with Gasteiger partial charge in [-0.2, -0.15) is 0 Å². The number of nitrogens with one attached hydrogen (secondary N) is 1. The van der Waals surface area contributed by atoms with Crippen LogP contribution in [0, 0.1) is 0 Å². The molecule has 1 fully saturated rings. The molecule has 5 rings (SSSR count). The molecule has 0 saturated carbocycles. The van der Waals surface area contributed by atoms with Crippen LogP contribution < -0.4 is 19.5 Å². The number of amides is 1. The van der Waals surface area contributed by atoms with Crippen molar-refractivity contribution in [2.75, 3.05) is 26.5 Å². The summed E-state index contributed by atoms with van der Waals surface area (Å²) in [4.78, 5) is 19.4. The maximum atomic E-state index is 13.0. The SMILES string of the molecule is CCOc1ccccc1C(=O)N[C@@H]1CCN(C(c2ccncc2)c2cc3c(cc2O)OCO3)C1. The Balaban J connectivity index is 1.38. The minimum Gasteiger partial charge on any atom is -0.507 e. The smallest absolute Gasteiger partial charge is 0.255 e. The number of aromatic nitrogens is 1. The first kappa shape index (κ1) is 22.0. The van der Waals surface area contributed by atoms with Gasteiger partial charge in [-0.25, -0.2) is 0 Å². The summed E-state index contributed by atoms with van der Waals surface area (Å²) in [5.74, 6) is 1.72. The van der Waals surface area contributed by atoms with E-state index in [4.69, 9.17) is 14.2 Å². The summed E-state index contributed by atoms with van der Waals surface area (Å²) < 4.78 is 16.6. The molecule has 34 heavy (non-hydrogen) atoms. The van der Waals surface area contributed by atoms with Crippen molar-refractivity contribution in [1.29, 1.82) is 0 Å². The molecule has 2 N–H and O–H groups in total. The van der Waals surface area contributed by atoms with Gasteiger partial charge in [0.25, 0.3) is 5.91 Å². The lowest BCUT2D eigenvalue weighted by molar-refractivity contribution is 0.0933. The highest BCUT2D eigenvalue weighted by Gasteiger charge is 2.34. The molecule has 1 aromatic heterocycles. The zero-order valence-corrected chi connectivity index (χ0v) is 18.9. The summed E-state index contributed by atoms with van der Waals surface area (Å²) in [7, 11) is 0. The van der Waals surface area contributed by atoms with Gasteiger partial charge in [-0.1, -0.05) is 12.1 Å². The Morgan fingerprint density at radius 1 is 1.21 bits per heavy atom. The first-order valence-electron chi connectivity index (χ1n) is 11.4. The van der Waals surface area contributed by atoms with E-state index in [1.54, 1.807) is 30.6 Å². The Morgan fingerprint density at radius 3 is 2.76 bits per heavy atom. The van der Waals surface area contributed by atoms with Gasteiger partial charge in [0.2, 0.25) is 6.79 Å². The van der Waals surface area contributed by atoms with Crippen LogP contribution in [0.2, 0.25) is 0 Å². The van der Waals surface area contributed by atoms with E-state index in [1.165, 1.54) is 0 Å². The monoisotopic (exact) mass is 461 g/mol. The van der Waals surface area contributed by atoms with E-state index < -0.39 is 0 Å². The number of ether oxygens (including phenoxy) is 3. The third kappa shape index (κ3) is 4.36. The second-order valence-corrected chi connectivity index (χ2v) is 8.33. The van der Waals surface area contributed by atoms with E-state index in [0.717, 1.165) is 24.1 Å². The van der Waals surface area contributed by atoms with Crippen molar-refractivity contribution in [3.8, 4) is 23.0 Å². The maximum Gasteiger partial charge on any atom is 0.255 e. The van der Waals surface area contributed by atoms with Crippen molar-refractivity contribution in [2.45, 2.75) is 25.4 Å². The number of pyridine rings is 1. The standard InChI is InChI=1S/C26H27N3O5/c1-2-32-22-6-4-3-5-19(22)26(31)28-18-9-12-29(15-18)25(17-7-10-27-11-8-17)20-13-23-24(14-21(20)30)34-16-33-23/h3-8,10-11,13-14,18,25,30H,2,9,12,15-16H2,1H3,(H,28,31)/t18-,25?/m1/s1. The number of nitrogens with zero attached hydrogens (tertiary/aromatic N) is 2. The van der Waals surface area contributed by atoms with Crippen molar-refractivity contribution in [2.24, 2.45) is 0 Å². The molecule has 3 aromatic rings. The lowest BCUT2D eigenvalue weighted by Gasteiger charge is -2.29. The van der Waals surface area contributed by atoms with E-state index in [1.807, 2.05) is 37.3 Å². The van der Waals surface area contributed by atoms with Gasteiger partial charge in [0.1, 0.15) is 11.5 Å². The zero-order valence-electron chi connectivity index (χ0n) is 18.9. The van der Waals surface area contributed by atoms with E-state index in [9.17, 15) is 9.90 Å². The van der Waals surface area contributed by atoms with Crippen LogP contribution in [0.5, 0.6) is 23.0 Å². The summed E-state index contributed by atoms with van der Waals surface area (Å²) in [6, 6.07) is 14.3. The molecule has 176 valence electrons. The van der Waals surface area contributed by atoms with E-state index in [0.29, 0.717) is 36.0 Å². The van der Waals surface area contributed by atoms with Gasteiger partial charge >= 0.3 is 0 Å². The van der Waals surface area contributed by atoms with Crippen LogP contribution >= 0.6 is 0 Å². The molecule has 0 radical (unpaired) electrons. The number of carbonyl (C=O) groups is 1. The lowest BCUT2D eigenvalue weighted by Crippen LogP contribution is -2.38. The summed E-state index contributed by atoms with van der Waals surface area (Å²) in [5.41, 5.74) is 2.25. The molecule has 8 nitrogen and oxygen atoms in total. The van der Waals surface area contributed by atoms with Gasteiger partial charge < -0.3 is 24.6 Å². The van der Waals surface area contributed by atoms with Gasteiger partial charge in [0.05, 0.1) is 18.2 Å². The van der Waals surface area contributed by atoms with Crippen LogP contribution in [0.1, 0.15) is 40.9 Å². The largest absolute Gasteiger partial charge is 0.507 e. The molecule has 3 heterocycles. The maximum absolute atomic E-state index is 13.0. The number of hydrogen-bond acceptors (Lipinski definition) is 7. The average molecular weight is 462 g/mol. The molecule has 2 aromatic carbocycles. The number of rotatable bonds is 7. The van der Waals surface area contributed by atoms with Gasteiger partial charge in [0, 0.05) is 43.2 Å². The normalized spacial score (nSPS) is 18.0. The van der Waals surface area contributed by atoms with Crippen LogP contribution in [-0.4, -0.2) is 53.4 Å². The molecule has 8 heteroatoms. The highest BCUT2D eigenvalue weighted by Crippen LogP contribution is 2.43. The fourth-order valence-corrected chi connectivity index (χ4v) is 4.64. The third-order valence-electron chi connectivity index (χ3n) is 6.19. The number of phenolic OH excluding ortho intramolecular Hbond substituents is 1. The predicted octanol–water partition coefficient (Wildman–Crippen LogP) is 3.51. The molecule has 1 amide bonds. The summed E-state index contributed by atoms with van der Waals surface area (Å²) in [6.07, 6.45) is 4.27. The number of phenols is 1. The van der Waals surface area contributed by atoms with Crippen molar-refractivity contribution >= 4 is 5.91 Å². The molecular formula is C26H27N3O5.